The number of rotatable bonds is 10. The zero-order chi connectivity index (χ0) is 22.8. The summed E-state index contributed by atoms with van der Waals surface area (Å²) >= 11 is 1.61. The average Bonchev–Trinajstić information content (AvgIpc) is 2.79. The number of para-hydroxylation sites is 1. The summed E-state index contributed by atoms with van der Waals surface area (Å²) in [5.41, 5.74) is 2.62. The molecule has 7 nitrogen and oxygen atoms in total. The Hall–Kier alpha value is -2.81. The Morgan fingerprint density at radius 1 is 1.06 bits per heavy atom. The van der Waals surface area contributed by atoms with Crippen molar-refractivity contribution in [2.24, 2.45) is 0 Å². The summed E-state index contributed by atoms with van der Waals surface area (Å²) in [6, 6.07) is 15.4. The maximum atomic E-state index is 12.4. The molecule has 0 aromatic heterocycles. The van der Waals surface area contributed by atoms with E-state index in [1.54, 1.807) is 23.7 Å². The average molecular weight is 455 g/mol. The van der Waals surface area contributed by atoms with Gasteiger partial charge in [-0.3, -0.25) is 14.5 Å². The lowest BCUT2D eigenvalue weighted by atomic mass is 10.2. The fourth-order valence-electron chi connectivity index (χ4n) is 3.36. The number of benzene rings is 2. The number of carbonyl (C=O) groups is 2. The zero-order valence-corrected chi connectivity index (χ0v) is 19.2. The summed E-state index contributed by atoms with van der Waals surface area (Å²) < 4.78 is 5.38. The Kier molecular flexibility index (Phi) is 9.15. The van der Waals surface area contributed by atoms with Gasteiger partial charge in [0.25, 0.3) is 0 Å². The summed E-state index contributed by atoms with van der Waals surface area (Å²) in [5.74, 6) is 0.434. The lowest BCUT2D eigenvalue weighted by molar-refractivity contribution is -0.119. The molecule has 1 heterocycles. The molecule has 8 heteroatoms. The first kappa shape index (κ1) is 23.8. The third-order valence-corrected chi connectivity index (χ3v) is 5.94. The number of amides is 2. The first-order valence-electron chi connectivity index (χ1n) is 10.6. The summed E-state index contributed by atoms with van der Waals surface area (Å²) in [5, 5.41) is 5.82. The number of hydrogen-bond acceptors (Lipinski definition) is 6. The molecule has 0 aliphatic carbocycles. The summed E-state index contributed by atoms with van der Waals surface area (Å²) in [6.07, 6.45) is 1.83. The molecule has 2 aromatic rings. The number of anilines is 3. The molecule has 1 fully saturated rings. The SMILES string of the molecule is C=CCSc1ccccc1NC(=O)CN(C)CC(=O)Nc1ccc(N2CCOCC2)cc1. The van der Waals surface area contributed by atoms with E-state index in [9.17, 15) is 9.59 Å². The monoisotopic (exact) mass is 454 g/mol. The highest BCUT2D eigenvalue weighted by Gasteiger charge is 2.14. The van der Waals surface area contributed by atoms with E-state index in [1.807, 2.05) is 54.6 Å². The Bertz CT molecular complexity index is 914. The van der Waals surface area contributed by atoms with Gasteiger partial charge in [0.05, 0.1) is 32.0 Å². The van der Waals surface area contributed by atoms with E-state index >= 15 is 0 Å². The van der Waals surface area contributed by atoms with E-state index in [2.05, 4.69) is 22.1 Å². The van der Waals surface area contributed by atoms with E-state index in [1.165, 1.54) is 0 Å². The fourth-order valence-corrected chi connectivity index (χ4v) is 4.10. The topological polar surface area (TPSA) is 73.9 Å². The van der Waals surface area contributed by atoms with Gasteiger partial charge < -0.3 is 20.3 Å². The highest BCUT2D eigenvalue weighted by atomic mass is 32.2. The number of nitrogens with one attached hydrogen (secondary N) is 2. The van der Waals surface area contributed by atoms with Gasteiger partial charge in [-0.1, -0.05) is 18.2 Å². The van der Waals surface area contributed by atoms with Crippen LogP contribution >= 0.6 is 11.8 Å². The maximum absolute atomic E-state index is 12.4. The molecule has 0 unspecified atom stereocenters. The van der Waals surface area contributed by atoms with Crippen molar-refractivity contribution < 1.29 is 14.3 Å². The van der Waals surface area contributed by atoms with Crippen molar-refractivity contribution in [3.8, 4) is 0 Å². The molecular formula is C24H30N4O3S. The van der Waals surface area contributed by atoms with E-state index in [4.69, 9.17) is 4.74 Å². The van der Waals surface area contributed by atoms with E-state index in [0.717, 1.165) is 54.0 Å². The van der Waals surface area contributed by atoms with Crippen molar-refractivity contribution in [3.63, 3.8) is 0 Å². The molecule has 32 heavy (non-hydrogen) atoms. The lowest BCUT2D eigenvalue weighted by Crippen LogP contribution is -2.36. The molecule has 1 saturated heterocycles. The number of thioether (sulfide) groups is 1. The Morgan fingerprint density at radius 2 is 1.72 bits per heavy atom. The molecule has 0 atom stereocenters. The molecule has 0 spiro atoms. The van der Waals surface area contributed by atoms with Crippen LogP contribution in [0.25, 0.3) is 0 Å². The molecule has 0 bridgehead atoms. The summed E-state index contributed by atoms with van der Waals surface area (Å²) in [6.45, 7) is 7.17. The quantitative estimate of drug-likeness (QED) is 0.424. The molecule has 0 radical (unpaired) electrons. The smallest absolute Gasteiger partial charge is 0.238 e. The third-order valence-electron chi connectivity index (χ3n) is 4.87. The number of hydrogen-bond donors (Lipinski definition) is 2. The van der Waals surface area contributed by atoms with Crippen LogP contribution in [0, 0.1) is 0 Å². The van der Waals surface area contributed by atoms with Crippen molar-refractivity contribution in [2.75, 3.05) is 67.7 Å². The number of nitrogens with zero attached hydrogens (tertiary/aromatic N) is 2. The standard InChI is InChI=1S/C24H30N4O3S/c1-3-16-32-22-7-5-4-6-21(22)26-24(30)18-27(2)17-23(29)25-19-8-10-20(11-9-19)28-12-14-31-15-13-28/h3-11H,1,12-18H2,2H3,(H,25,29)(H,26,30). The molecule has 2 amide bonds. The van der Waals surface area contributed by atoms with E-state index < -0.39 is 0 Å². The Balaban J connectivity index is 1.45. The second-order valence-electron chi connectivity index (χ2n) is 7.51. The van der Waals surface area contributed by atoms with Crippen LogP contribution in [0.1, 0.15) is 0 Å². The van der Waals surface area contributed by atoms with Crippen molar-refractivity contribution in [1.29, 1.82) is 0 Å². The number of ether oxygens (including phenoxy) is 1. The van der Waals surface area contributed by atoms with Crippen LogP contribution in [0.15, 0.2) is 66.1 Å². The minimum atomic E-state index is -0.165. The van der Waals surface area contributed by atoms with Crippen LogP contribution in [0.4, 0.5) is 17.1 Å². The first-order chi connectivity index (χ1) is 15.5. The Morgan fingerprint density at radius 3 is 2.41 bits per heavy atom. The summed E-state index contributed by atoms with van der Waals surface area (Å²) in [4.78, 5) is 29.8. The molecular weight excluding hydrogens is 424 g/mol. The predicted molar refractivity (Wildman–Crippen MR) is 132 cm³/mol. The largest absolute Gasteiger partial charge is 0.378 e. The van der Waals surface area contributed by atoms with E-state index in [0.29, 0.717) is 0 Å². The molecule has 0 saturated carbocycles. The highest BCUT2D eigenvalue weighted by molar-refractivity contribution is 7.99. The normalized spacial score (nSPS) is 13.6. The number of carbonyl (C=O) groups excluding carboxylic acids is 2. The van der Waals surface area contributed by atoms with Crippen molar-refractivity contribution in [1.82, 2.24) is 4.90 Å². The highest BCUT2D eigenvalue weighted by Crippen LogP contribution is 2.26. The molecule has 3 rings (SSSR count). The van der Waals surface area contributed by atoms with Crippen molar-refractivity contribution in [3.05, 3.63) is 61.2 Å². The second-order valence-corrected chi connectivity index (χ2v) is 8.57. The van der Waals surface area contributed by atoms with E-state index in [-0.39, 0.29) is 24.9 Å². The third kappa shape index (κ3) is 7.40. The summed E-state index contributed by atoms with van der Waals surface area (Å²) in [7, 11) is 1.75. The molecule has 170 valence electrons. The second kappa shape index (κ2) is 12.3. The van der Waals surface area contributed by atoms with Crippen molar-refractivity contribution >= 4 is 40.6 Å². The number of morpholine rings is 1. The van der Waals surface area contributed by atoms with Gasteiger partial charge >= 0.3 is 0 Å². The molecule has 1 aliphatic rings. The minimum absolute atomic E-state index is 0.115. The van der Waals surface area contributed by atoms with Gasteiger partial charge in [0.15, 0.2) is 0 Å². The van der Waals surface area contributed by atoms with Gasteiger partial charge in [0.2, 0.25) is 11.8 Å². The first-order valence-corrected chi connectivity index (χ1v) is 11.6. The van der Waals surface area contributed by atoms with Gasteiger partial charge in [0.1, 0.15) is 0 Å². The van der Waals surface area contributed by atoms with Crippen LogP contribution in [0.3, 0.4) is 0 Å². The van der Waals surface area contributed by atoms with Gasteiger partial charge in [0, 0.05) is 35.1 Å². The Labute approximate surface area is 193 Å². The van der Waals surface area contributed by atoms with Gasteiger partial charge in [-0.05, 0) is 43.4 Å². The maximum Gasteiger partial charge on any atom is 0.238 e. The van der Waals surface area contributed by atoms with Crippen LogP contribution in [-0.2, 0) is 14.3 Å². The predicted octanol–water partition coefficient (Wildman–Crippen LogP) is 3.31. The zero-order valence-electron chi connectivity index (χ0n) is 18.4. The van der Waals surface area contributed by atoms with Gasteiger partial charge in [-0.2, -0.15) is 0 Å². The van der Waals surface area contributed by atoms with Crippen LogP contribution < -0.4 is 15.5 Å². The fraction of sp³-hybridized carbons (Fsp3) is 0.333. The van der Waals surface area contributed by atoms with Gasteiger partial charge in [-0.15, -0.1) is 18.3 Å². The number of likely N-dealkylation sites (N-methyl/N-ethyl adjacent to an activating group) is 1. The van der Waals surface area contributed by atoms with Crippen LogP contribution in [-0.4, -0.2) is 68.9 Å². The molecule has 2 aromatic carbocycles. The lowest BCUT2D eigenvalue weighted by Gasteiger charge is -2.28. The minimum Gasteiger partial charge on any atom is -0.378 e. The van der Waals surface area contributed by atoms with Crippen molar-refractivity contribution in [2.45, 2.75) is 4.90 Å². The van der Waals surface area contributed by atoms with Gasteiger partial charge in [-0.25, -0.2) is 0 Å². The molecule has 1 aliphatic heterocycles. The van der Waals surface area contributed by atoms with Crippen LogP contribution in [0.2, 0.25) is 0 Å². The molecule has 2 N–H and O–H groups in total. The van der Waals surface area contributed by atoms with Crippen LogP contribution in [0.5, 0.6) is 0 Å².